The maximum absolute atomic E-state index is 10.0. The van der Waals surface area contributed by atoms with Crippen LogP contribution in [0.3, 0.4) is 0 Å². The zero-order chi connectivity index (χ0) is 17.5. The molecule has 0 spiro atoms. The lowest BCUT2D eigenvalue weighted by Gasteiger charge is -2.35. The quantitative estimate of drug-likeness (QED) is 0.774. The van der Waals surface area contributed by atoms with Gasteiger partial charge in [0.2, 0.25) is 0 Å². The third kappa shape index (κ3) is 6.22. The van der Waals surface area contributed by atoms with Crippen LogP contribution in [-0.2, 0) is 11.3 Å². The molecule has 5 nitrogen and oxygen atoms in total. The van der Waals surface area contributed by atoms with Crippen LogP contribution < -0.4 is 4.74 Å². The van der Waals surface area contributed by atoms with Gasteiger partial charge in [0.1, 0.15) is 5.75 Å². The van der Waals surface area contributed by atoms with Crippen LogP contribution in [0.2, 0.25) is 5.02 Å². The lowest BCUT2D eigenvalue weighted by molar-refractivity contribution is -0.0148. The van der Waals surface area contributed by atoms with E-state index in [9.17, 15) is 5.11 Å². The highest BCUT2D eigenvalue weighted by atomic mass is 35.5. The van der Waals surface area contributed by atoms with Crippen molar-refractivity contribution in [3.05, 3.63) is 28.8 Å². The van der Waals surface area contributed by atoms with Gasteiger partial charge in [-0.1, -0.05) is 11.6 Å². The smallest absolute Gasteiger partial charge is 0.123 e. The van der Waals surface area contributed by atoms with E-state index >= 15 is 0 Å². The molecule has 136 valence electrons. The van der Waals surface area contributed by atoms with Crippen LogP contribution >= 0.6 is 11.6 Å². The minimum atomic E-state index is -0.424. The second-order valence-corrected chi connectivity index (χ2v) is 7.01. The van der Waals surface area contributed by atoms with Crippen LogP contribution in [0.5, 0.6) is 5.75 Å². The highest BCUT2D eigenvalue weighted by molar-refractivity contribution is 6.30. The minimum Gasteiger partial charge on any atom is -0.496 e. The summed E-state index contributed by atoms with van der Waals surface area (Å²) in [4.78, 5) is 4.68. The van der Waals surface area contributed by atoms with Gasteiger partial charge in [0.05, 0.1) is 25.9 Å². The number of halogens is 1. The van der Waals surface area contributed by atoms with Gasteiger partial charge in [-0.05, 0) is 32.0 Å². The van der Waals surface area contributed by atoms with E-state index in [-0.39, 0.29) is 6.10 Å². The molecule has 0 aliphatic carbocycles. The first-order valence-corrected chi connectivity index (χ1v) is 8.92. The molecule has 1 atom stereocenters. The summed E-state index contributed by atoms with van der Waals surface area (Å²) >= 11 is 6.10. The molecule has 1 aromatic rings. The summed E-state index contributed by atoms with van der Waals surface area (Å²) in [6, 6.07) is 5.74. The van der Waals surface area contributed by atoms with Gasteiger partial charge in [0.15, 0.2) is 0 Å². The third-order valence-electron chi connectivity index (χ3n) is 4.19. The Kier molecular flexibility index (Phi) is 7.78. The monoisotopic (exact) mass is 356 g/mol. The Balaban J connectivity index is 1.78. The number of methoxy groups -OCH3 is 1. The maximum atomic E-state index is 10.0. The molecule has 1 aliphatic heterocycles. The van der Waals surface area contributed by atoms with E-state index in [1.807, 2.05) is 32.0 Å². The Bertz CT molecular complexity index is 505. The molecule has 1 heterocycles. The number of benzene rings is 1. The van der Waals surface area contributed by atoms with Crippen molar-refractivity contribution in [2.75, 3.05) is 46.4 Å². The summed E-state index contributed by atoms with van der Waals surface area (Å²) in [6.45, 7) is 9.69. The largest absolute Gasteiger partial charge is 0.496 e. The Labute approximate surface area is 150 Å². The minimum absolute atomic E-state index is 0.157. The predicted octanol–water partition coefficient (Wildman–Crippen LogP) is 2.25. The Hall–Kier alpha value is -0.850. The predicted molar refractivity (Wildman–Crippen MR) is 96.8 cm³/mol. The van der Waals surface area contributed by atoms with Gasteiger partial charge in [0.25, 0.3) is 0 Å². The lowest BCUT2D eigenvalue weighted by atomic mass is 10.1. The number of ether oxygens (including phenoxy) is 2. The number of aliphatic hydroxyl groups is 1. The van der Waals surface area contributed by atoms with E-state index < -0.39 is 6.10 Å². The van der Waals surface area contributed by atoms with Crippen LogP contribution in [0.1, 0.15) is 19.4 Å². The number of hydrogen-bond acceptors (Lipinski definition) is 5. The molecule has 6 heteroatoms. The fourth-order valence-corrected chi connectivity index (χ4v) is 3.09. The van der Waals surface area contributed by atoms with E-state index in [1.54, 1.807) is 7.11 Å². The first-order valence-electron chi connectivity index (χ1n) is 8.54. The highest BCUT2D eigenvalue weighted by Gasteiger charge is 2.20. The second-order valence-electron chi connectivity index (χ2n) is 6.57. The average Bonchev–Trinajstić information content (AvgIpc) is 2.55. The van der Waals surface area contributed by atoms with Crippen molar-refractivity contribution >= 4 is 11.6 Å². The molecule has 1 fully saturated rings. The molecule has 0 radical (unpaired) electrons. The standard InChI is InChI=1S/C18H29ClN2O3/c1-14(2)24-13-17(22)12-21-8-6-20(7-9-21)11-15-10-16(19)4-5-18(15)23-3/h4-5,10,14,17,22H,6-9,11-13H2,1-3H3. The van der Waals surface area contributed by atoms with Crippen molar-refractivity contribution < 1.29 is 14.6 Å². The van der Waals surface area contributed by atoms with Gasteiger partial charge in [-0.2, -0.15) is 0 Å². The van der Waals surface area contributed by atoms with Crippen LogP contribution in [0.15, 0.2) is 18.2 Å². The number of piperazine rings is 1. The normalized spacial score (nSPS) is 18.1. The second kappa shape index (κ2) is 9.59. The van der Waals surface area contributed by atoms with E-state index in [2.05, 4.69) is 9.80 Å². The van der Waals surface area contributed by atoms with Gasteiger partial charge < -0.3 is 14.6 Å². The molecule has 1 aromatic carbocycles. The van der Waals surface area contributed by atoms with Crippen molar-refractivity contribution in [3.8, 4) is 5.75 Å². The third-order valence-corrected chi connectivity index (χ3v) is 4.43. The number of hydrogen-bond donors (Lipinski definition) is 1. The molecular formula is C18H29ClN2O3. The first-order chi connectivity index (χ1) is 11.5. The molecule has 0 amide bonds. The molecule has 1 aliphatic rings. The van der Waals surface area contributed by atoms with Crippen molar-refractivity contribution in [1.82, 2.24) is 9.80 Å². The van der Waals surface area contributed by atoms with E-state index in [0.717, 1.165) is 49.1 Å². The molecule has 2 rings (SSSR count). The number of nitrogens with zero attached hydrogens (tertiary/aromatic N) is 2. The molecular weight excluding hydrogens is 328 g/mol. The van der Waals surface area contributed by atoms with Crippen LogP contribution in [0, 0.1) is 0 Å². The highest BCUT2D eigenvalue weighted by Crippen LogP contribution is 2.24. The Morgan fingerprint density at radius 2 is 1.83 bits per heavy atom. The van der Waals surface area contributed by atoms with Gasteiger partial charge >= 0.3 is 0 Å². The summed E-state index contributed by atoms with van der Waals surface area (Å²) in [5.41, 5.74) is 1.11. The van der Waals surface area contributed by atoms with E-state index in [4.69, 9.17) is 21.1 Å². The van der Waals surface area contributed by atoms with Crippen molar-refractivity contribution in [1.29, 1.82) is 0 Å². The van der Waals surface area contributed by atoms with Gasteiger partial charge in [-0.3, -0.25) is 9.80 Å². The van der Waals surface area contributed by atoms with Gasteiger partial charge in [-0.15, -0.1) is 0 Å². The fourth-order valence-electron chi connectivity index (χ4n) is 2.90. The van der Waals surface area contributed by atoms with Crippen LogP contribution in [0.4, 0.5) is 0 Å². The summed E-state index contributed by atoms with van der Waals surface area (Å²) in [6.07, 6.45) is -0.267. The van der Waals surface area contributed by atoms with Crippen LogP contribution in [0.25, 0.3) is 0 Å². The summed E-state index contributed by atoms with van der Waals surface area (Å²) < 4.78 is 10.9. The number of β-amino-alcohol motifs (C(OH)–C–C–N with tert-alkyl or cyclic N) is 1. The fraction of sp³-hybridized carbons (Fsp3) is 0.667. The molecule has 0 saturated carbocycles. The summed E-state index contributed by atoms with van der Waals surface area (Å²) in [5.74, 6) is 0.878. The van der Waals surface area contributed by atoms with Gasteiger partial charge in [0, 0.05) is 49.9 Å². The van der Waals surface area contributed by atoms with Crippen molar-refractivity contribution in [3.63, 3.8) is 0 Å². The van der Waals surface area contributed by atoms with Gasteiger partial charge in [-0.25, -0.2) is 0 Å². The SMILES string of the molecule is COc1ccc(Cl)cc1CN1CCN(CC(O)COC(C)C)CC1. The van der Waals surface area contributed by atoms with E-state index in [1.165, 1.54) is 0 Å². The summed E-state index contributed by atoms with van der Waals surface area (Å²) in [7, 11) is 1.69. The van der Waals surface area contributed by atoms with Crippen LogP contribution in [-0.4, -0.2) is 73.6 Å². The summed E-state index contributed by atoms with van der Waals surface area (Å²) in [5, 5.41) is 10.8. The molecule has 1 N–H and O–H groups in total. The maximum Gasteiger partial charge on any atom is 0.123 e. The zero-order valence-corrected chi connectivity index (χ0v) is 15.6. The van der Waals surface area contributed by atoms with Crippen molar-refractivity contribution in [2.45, 2.75) is 32.6 Å². The molecule has 1 saturated heterocycles. The number of rotatable bonds is 8. The zero-order valence-electron chi connectivity index (χ0n) is 14.9. The topological polar surface area (TPSA) is 45.2 Å². The molecule has 0 aromatic heterocycles. The average molecular weight is 357 g/mol. The molecule has 24 heavy (non-hydrogen) atoms. The van der Waals surface area contributed by atoms with Crippen molar-refractivity contribution in [2.24, 2.45) is 0 Å². The molecule has 0 bridgehead atoms. The Morgan fingerprint density at radius 3 is 2.46 bits per heavy atom. The molecule has 1 unspecified atom stereocenters. The van der Waals surface area contributed by atoms with E-state index in [0.29, 0.717) is 13.2 Å². The lowest BCUT2D eigenvalue weighted by Crippen LogP contribution is -2.48. The Morgan fingerprint density at radius 1 is 1.17 bits per heavy atom. The number of aliphatic hydroxyl groups excluding tert-OH is 1. The first kappa shape index (κ1) is 19.5.